The molecule has 1 saturated heterocycles. The monoisotopic (exact) mass is 317 g/mol. The van der Waals surface area contributed by atoms with E-state index in [0.29, 0.717) is 13.2 Å². The smallest absolute Gasteiger partial charge is 0.261 e. The maximum atomic E-state index is 12.0. The van der Waals surface area contributed by atoms with E-state index in [1.807, 2.05) is 6.92 Å². The van der Waals surface area contributed by atoms with Crippen LogP contribution in [0.15, 0.2) is 29.2 Å². The number of rotatable bonds is 4. The van der Waals surface area contributed by atoms with Crippen LogP contribution < -0.4 is 5.32 Å². The first-order valence-electron chi connectivity index (χ1n) is 6.27. The van der Waals surface area contributed by atoms with Crippen molar-refractivity contribution in [1.82, 2.24) is 5.32 Å². The van der Waals surface area contributed by atoms with E-state index in [9.17, 15) is 13.2 Å². The average Bonchev–Trinajstić information content (AvgIpc) is 2.83. The summed E-state index contributed by atoms with van der Waals surface area (Å²) < 4.78 is 28.1. The quantitative estimate of drug-likeness (QED) is 0.861. The molecule has 0 radical (unpaired) electrons. The molecule has 1 aliphatic heterocycles. The maximum absolute atomic E-state index is 12.0. The normalized spacial score (nSPS) is 22.7. The van der Waals surface area contributed by atoms with Crippen LogP contribution in [0.3, 0.4) is 0 Å². The summed E-state index contributed by atoms with van der Waals surface area (Å²) in [6.45, 7) is 3.04. The standard InChI is InChI=1S/C13H16ClNO4S/c1-13(6-3-7-19-13)9-15-12(16)10-4-2-5-11(8-10)20(14,17)18/h2,4-5,8H,3,6-7,9H2,1H3,(H,15,16). The van der Waals surface area contributed by atoms with Gasteiger partial charge in [0, 0.05) is 29.4 Å². The molecule has 1 aromatic carbocycles. The molecule has 7 heteroatoms. The molecule has 2 rings (SSSR count). The van der Waals surface area contributed by atoms with Gasteiger partial charge in [0.1, 0.15) is 0 Å². The summed E-state index contributed by atoms with van der Waals surface area (Å²) in [4.78, 5) is 11.9. The minimum atomic E-state index is -3.83. The van der Waals surface area contributed by atoms with Gasteiger partial charge >= 0.3 is 0 Å². The highest BCUT2D eigenvalue weighted by molar-refractivity contribution is 8.13. The third-order valence-corrected chi connectivity index (χ3v) is 4.65. The molecule has 1 heterocycles. The number of ether oxygens (including phenoxy) is 1. The summed E-state index contributed by atoms with van der Waals surface area (Å²) in [5, 5.41) is 2.76. The Kier molecular flexibility index (Phi) is 4.36. The largest absolute Gasteiger partial charge is 0.373 e. The Hall–Kier alpha value is -1.11. The fourth-order valence-corrected chi connectivity index (χ4v) is 2.93. The molecule has 1 fully saturated rings. The Morgan fingerprint density at radius 3 is 2.85 bits per heavy atom. The Bertz CT molecular complexity index is 609. The predicted octanol–water partition coefficient (Wildman–Crippen LogP) is 1.91. The summed E-state index contributed by atoms with van der Waals surface area (Å²) in [7, 11) is 1.42. The number of carbonyl (C=O) groups is 1. The van der Waals surface area contributed by atoms with E-state index in [0.717, 1.165) is 12.8 Å². The summed E-state index contributed by atoms with van der Waals surface area (Å²) in [6, 6.07) is 5.63. The van der Waals surface area contributed by atoms with Gasteiger partial charge in [0.15, 0.2) is 0 Å². The number of benzene rings is 1. The molecule has 110 valence electrons. The lowest BCUT2D eigenvalue weighted by Gasteiger charge is -2.23. The van der Waals surface area contributed by atoms with Crippen molar-refractivity contribution in [3.8, 4) is 0 Å². The van der Waals surface area contributed by atoms with Crippen molar-refractivity contribution >= 4 is 25.6 Å². The van der Waals surface area contributed by atoms with E-state index in [-0.39, 0.29) is 22.0 Å². The molecule has 20 heavy (non-hydrogen) atoms. The molecular formula is C13H16ClNO4S. The molecule has 1 unspecified atom stereocenters. The van der Waals surface area contributed by atoms with Gasteiger partial charge in [-0.3, -0.25) is 4.79 Å². The number of hydrogen-bond acceptors (Lipinski definition) is 4. The first kappa shape index (κ1) is 15.3. The predicted molar refractivity (Wildman–Crippen MR) is 75.4 cm³/mol. The zero-order chi connectivity index (χ0) is 14.8. The van der Waals surface area contributed by atoms with Crippen molar-refractivity contribution in [2.75, 3.05) is 13.2 Å². The Morgan fingerprint density at radius 2 is 2.25 bits per heavy atom. The lowest BCUT2D eigenvalue weighted by Crippen LogP contribution is -2.40. The van der Waals surface area contributed by atoms with E-state index < -0.39 is 9.05 Å². The van der Waals surface area contributed by atoms with Crippen LogP contribution in [0.5, 0.6) is 0 Å². The number of hydrogen-bond donors (Lipinski definition) is 1. The Balaban J connectivity index is 2.06. The average molecular weight is 318 g/mol. The lowest BCUT2D eigenvalue weighted by molar-refractivity contribution is 0.0206. The van der Waals surface area contributed by atoms with Gasteiger partial charge in [0.25, 0.3) is 15.0 Å². The van der Waals surface area contributed by atoms with Gasteiger partial charge in [-0.25, -0.2) is 8.42 Å². The molecule has 1 atom stereocenters. The summed E-state index contributed by atoms with van der Waals surface area (Å²) in [5.74, 6) is -0.344. The van der Waals surface area contributed by atoms with Crippen molar-refractivity contribution in [3.63, 3.8) is 0 Å². The number of amides is 1. The van der Waals surface area contributed by atoms with Crippen LogP contribution in [-0.2, 0) is 13.8 Å². The molecule has 1 N–H and O–H groups in total. The van der Waals surface area contributed by atoms with Gasteiger partial charge in [-0.15, -0.1) is 0 Å². The molecule has 0 aliphatic carbocycles. The molecule has 1 amide bonds. The highest BCUT2D eigenvalue weighted by Crippen LogP contribution is 2.24. The van der Waals surface area contributed by atoms with Crippen molar-refractivity contribution in [3.05, 3.63) is 29.8 Å². The summed E-state index contributed by atoms with van der Waals surface area (Å²) >= 11 is 0. The van der Waals surface area contributed by atoms with Crippen LogP contribution in [0.4, 0.5) is 0 Å². The van der Waals surface area contributed by atoms with Crippen molar-refractivity contribution in [1.29, 1.82) is 0 Å². The van der Waals surface area contributed by atoms with E-state index in [1.54, 1.807) is 6.07 Å². The van der Waals surface area contributed by atoms with Gasteiger partial charge in [-0.2, -0.15) is 0 Å². The van der Waals surface area contributed by atoms with Crippen molar-refractivity contribution in [2.24, 2.45) is 0 Å². The van der Waals surface area contributed by atoms with E-state index in [2.05, 4.69) is 5.32 Å². The van der Waals surface area contributed by atoms with Crippen LogP contribution in [0.25, 0.3) is 0 Å². The highest BCUT2D eigenvalue weighted by atomic mass is 35.7. The van der Waals surface area contributed by atoms with Crippen LogP contribution >= 0.6 is 10.7 Å². The van der Waals surface area contributed by atoms with Gasteiger partial charge in [0.2, 0.25) is 0 Å². The molecule has 1 aliphatic rings. The Morgan fingerprint density at radius 1 is 1.50 bits per heavy atom. The van der Waals surface area contributed by atoms with Gasteiger partial charge < -0.3 is 10.1 Å². The van der Waals surface area contributed by atoms with Crippen LogP contribution in [0.2, 0.25) is 0 Å². The molecule has 0 aromatic heterocycles. The highest BCUT2D eigenvalue weighted by Gasteiger charge is 2.30. The number of carbonyl (C=O) groups excluding carboxylic acids is 1. The summed E-state index contributed by atoms with van der Waals surface area (Å²) in [6.07, 6.45) is 1.87. The minimum Gasteiger partial charge on any atom is -0.373 e. The Labute approximate surface area is 122 Å². The second-order valence-corrected chi connectivity index (χ2v) is 7.62. The van der Waals surface area contributed by atoms with Crippen LogP contribution in [0, 0.1) is 0 Å². The van der Waals surface area contributed by atoms with Crippen LogP contribution in [0.1, 0.15) is 30.1 Å². The molecule has 0 bridgehead atoms. The number of nitrogens with one attached hydrogen (secondary N) is 1. The van der Waals surface area contributed by atoms with Gasteiger partial charge in [0.05, 0.1) is 10.5 Å². The van der Waals surface area contributed by atoms with Crippen molar-refractivity contribution in [2.45, 2.75) is 30.3 Å². The zero-order valence-corrected chi connectivity index (χ0v) is 12.6. The van der Waals surface area contributed by atoms with Crippen LogP contribution in [-0.4, -0.2) is 33.1 Å². The summed E-state index contributed by atoms with van der Waals surface area (Å²) in [5.41, 5.74) is -0.0837. The molecule has 1 aromatic rings. The third kappa shape index (κ3) is 3.71. The SMILES string of the molecule is CC1(CNC(=O)c2cccc(S(=O)(=O)Cl)c2)CCCO1. The second-order valence-electron chi connectivity index (χ2n) is 5.05. The second kappa shape index (κ2) is 5.71. The van der Waals surface area contributed by atoms with E-state index >= 15 is 0 Å². The van der Waals surface area contributed by atoms with E-state index in [4.69, 9.17) is 15.4 Å². The molecule has 5 nitrogen and oxygen atoms in total. The minimum absolute atomic E-state index is 0.0878. The first-order valence-corrected chi connectivity index (χ1v) is 8.58. The molecule has 0 saturated carbocycles. The maximum Gasteiger partial charge on any atom is 0.261 e. The topological polar surface area (TPSA) is 72.5 Å². The molecule has 0 spiro atoms. The van der Waals surface area contributed by atoms with Gasteiger partial charge in [-0.1, -0.05) is 6.07 Å². The zero-order valence-electron chi connectivity index (χ0n) is 11.1. The van der Waals surface area contributed by atoms with Crippen molar-refractivity contribution < 1.29 is 17.9 Å². The molecular weight excluding hydrogens is 302 g/mol. The lowest BCUT2D eigenvalue weighted by atomic mass is 10.0. The third-order valence-electron chi connectivity index (χ3n) is 3.30. The first-order chi connectivity index (χ1) is 9.30. The fraction of sp³-hybridized carbons (Fsp3) is 0.462. The van der Waals surface area contributed by atoms with E-state index in [1.165, 1.54) is 18.2 Å². The van der Waals surface area contributed by atoms with Gasteiger partial charge in [-0.05, 0) is 38.0 Å². The fourth-order valence-electron chi connectivity index (χ4n) is 2.13. The number of halogens is 1.